The largest absolute Gasteiger partial charge is 0.508 e. The Hall–Kier alpha value is -2.34. The fourth-order valence-electron chi connectivity index (χ4n) is 2.10. The summed E-state index contributed by atoms with van der Waals surface area (Å²) in [6.07, 6.45) is 0.156. The molecule has 2 rings (SSSR count). The average Bonchev–Trinajstić information content (AvgIpc) is 2.94. The molecule has 0 spiro atoms. The van der Waals surface area contributed by atoms with Crippen LogP contribution in [0.3, 0.4) is 0 Å². The molecule has 6 heteroatoms. The first-order chi connectivity index (χ1) is 10.4. The number of carbonyl (C=O) groups excluding carboxylic acids is 1. The Morgan fingerprint density at radius 3 is 2.64 bits per heavy atom. The van der Waals surface area contributed by atoms with E-state index in [9.17, 15) is 14.7 Å². The van der Waals surface area contributed by atoms with Crippen LogP contribution in [0.2, 0.25) is 0 Å². The molecule has 0 saturated carbocycles. The monoisotopic (exact) mass is 319 g/mol. The molecule has 1 aromatic carbocycles. The lowest BCUT2D eigenvalue weighted by molar-refractivity contribution is -0.131. The van der Waals surface area contributed by atoms with Gasteiger partial charge in [-0.2, -0.15) is 0 Å². The van der Waals surface area contributed by atoms with E-state index in [2.05, 4.69) is 0 Å². The van der Waals surface area contributed by atoms with Gasteiger partial charge in [-0.3, -0.25) is 4.79 Å². The van der Waals surface area contributed by atoms with Crippen molar-refractivity contribution in [2.75, 3.05) is 7.05 Å². The quantitative estimate of drug-likeness (QED) is 0.888. The minimum atomic E-state index is -0.981. The van der Waals surface area contributed by atoms with E-state index in [-0.39, 0.29) is 29.0 Å². The van der Waals surface area contributed by atoms with Crippen LogP contribution in [0.5, 0.6) is 5.75 Å². The van der Waals surface area contributed by atoms with Crippen molar-refractivity contribution >= 4 is 23.2 Å². The van der Waals surface area contributed by atoms with E-state index in [1.807, 2.05) is 13.0 Å². The third-order valence-electron chi connectivity index (χ3n) is 3.55. The first kappa shape index (κ1) is 16.0. The molecule has 1 atom stereocenters. The highest BCUT2D eigenvalue weighted by atomic mass is 32.1. The number of carboxylic acids is 1. The Balaban J connectivity index is 2.06. The van der Waals surface area contributed by atoms with Gasteiger partial charge < -0.3 is 15.1 Å². The van der Waals surface area contributed by atoms with Crippen molar-refractivity contribution in [2.45, 2.75) is 19.4 Å². The third kappa shape index (κ3) is 3.65. The summed E-state index contributed by atoms with van der Waals surface area (Å²) in [5, 5.41) is 20.1. The highest BCUT2D eigenvalue weighted by Crippen LogP contribution is 2.23. The van der Waals surface area contributed by atoms with Gasteiger partial charge in [0.1, 0.15) is 10.6 Å². The first-order valence-electron chi connectivity index (χ1n) is 6.73. The maximum Gasteiger partial charge on any atom is 0.345 e. The van der Waals surface area contributed by atoms with Crippen LogP contribution >= 0.6 is 11.3 Å². The Bertz CT molecular complexity index is 695. The summed E-state index contributed by atoms with van der Waals surface area (Å²) >= 11 is 1.11. The van der Waals surface area contributed by atoms with Crippen LogP contribution < -0.4 is 0 Å². The molecule has 116 valence electrons. The van der Waals surface area contributed by atoms with Crippen LogP contribution in [-0.4, -0.2) is 34.0 Å². The number of thiophene rings is 1. The number of amides is 1. The van der Waals surface area contributed by atoms with Crippen LogP contribution in [0.4, 0.5) is 0 Å². The van der Waals surface area contributed by atoms with Crippen LogP contribution in [0, 0.1) is 0 Å². The van der Waals surface area contributed by atoms with E-state index in [1.54, 1.807) is 35.5 Å². The molecule has 0 radical (unpaired) electrons. The maximum absolute atomic E-state index is 12.3. The Labute approximate surface area is 132 Å². The number of carboxylic acid groups (broad SMARTS) is 1. The molecule has 0 aliphatic carbocycles. The van der Waals surface area contributed by atoms with Crippen molar-refractivity contribution < 1.29 is 19.8 Å². The topological polar surface area (TPSA) is 77.8 Å². The number of phenolic OH excluding ortho intramolecular Hbond substituents is 1. The number of carbonyl (C=O) groups is 2. The average molecular weight is 319 g/mol. The van der Waals surface area contributed by atoms with Gasteiger partial charge in [-0.15, -0.1) is 11.3 Å². The van der Waals surface area contributed by atoms with E-state index in [1.165, 1.54) is 6.07 Å². The summed E-state index contributed by atoms with van der Waals surface area (Å²) in [6.45, 7) is 1.88. The number of aromatic carboxylic acids is 1. The van der Waals surface area contributed by atoms with E-state index in [0.717, 1.165) is 16.9 Å². The minimum absolute atomic E-state index is 0.106. The molecule has 0 bridgehead atoms. The number of likely N-dealkylation sites (N-methyl/N-ethyl adjacent to an activating group) is 1. The van der Waals surface area contributed by atoms with Crippen molar-refractivity contribution in [3.05, 3.63) is 51.7 Å². The molecular formula is C16H17NO4S. The first-order valence-corrected chi connectivity index (χ1v) is 7.61. The van der Waals surface area contributed by atoms with Gasteiger partial charge >= 0.3 is 5.97 Å². The molecule has 0 saturated heterocycles. The molecule has 0 fully saturated rings. The second-order valence-electron chi connectivity index (χ2n) is 5.08. The number of hydrogen-bond acceptors (Lipinski definition) is 4. The summed E-state index contributed by atoms with van der Waals surface area (Å²) < 4.78 is 0. The molecule has 1 aromatic heterocycles. The van der Waals surface area contributed by atoms with Gasteiger partial charge in [-0.1, -0.05) is 12.1 Å². The molecular weight excluding hydrogens is 302 g/mol. The normalized spacial score (nSPS) is 11.9. The van der Waals surface area contributed by atoms with Crippen LogP contribution in [-0.2, 0) is 11.2 Å². The van der Waals surface area contributed by atoms with Crippen molar-refractivity contribution in [3.63, 3.8) is 0 Å². The zero-order chi connectivity index (χ0) is 16.3. The zero-order valence-corrected chi connectivity index (χ0v) is 13.1. The zero-order valence-electron chi connectivity index (χ0n) is 12.3. The van der Waals surface area contributed by atoms with Crippen LogP contribution in [0.15, 0.2) is 35.7 Å². The molecule has 0 aliphatic rings. The van der Waals surface area contributed by atoms with E-state index < -0.39 is 5.97 Å². The summed E-state index contributed by atoms with van der Waals surface area (Å²) in [7, 11) is 1.70. The van der Waals surface area contributed by atoms with Gasteiger partial charge in [-0.25, -0.2) is 4.79 Å². The lowest BCUT2D eigenvalue weighted by atomic mass is 10.1. The molecule has 2 N–H and O–H groups in total. The summed E-state index contributed by atoms with van der Waals surface area (Å²) in [6, 6.07) is 8.13. The van der Waals surface area contributed by atoms with Crippen molar-refractivity contribution in [2.24, 2.45) is 0 Å². The molecule has 5 nitrogen and oxygen atoms in total. The highest BCUT2D eigenvalue weighted by molar-refractivity contribution is 7.12. The summed E-state index contributed by atoms with van der Waals surface area (Å²) in [5.41, 5.74) is 1.54. The molecule has 0 aliphatic heterocycles. The molecule has 2 aromatic rings. The SMILES string of the molecule is CC(c1cccc(O)c1)N(C)C(=O)Cc1csc(C(=O)O)c1. The standard InChI is InChI=1S/C16H17NO4S/c1-10(12-4-3-5-13(18)8-12)17(2)15(19)7-11-6-14(16(20)21)22-9-11/h3-6,8-10,18H,7H2,1-2H3,(H,20,21). The lowest BCUT2D eigenvalue weighted by Gasteiger charge is -2.25. The van der Waals surface area contributed by atoms with Gasteiger partial charge in [0.25, 0.3) is 0 Å². The number of aromatic hydroxyl groups is 1. The van der Waals surface area contributed by atoms with Gasteiger partial charge in [-0.05, 0) is 41.6 Å². The summed E-state index contributed by atoms with van der Waals surface area (Å²) in [5.74, 6) is -0.926. The van der Waals surface area contributed by atoms with Gasteiger partial charge in [0.05, 0.1) is 12.5 Å². The van der Waals surface area contributed by atoms with E-state index in [0.29, 0.717) is 5.56 Å². The number of phenols is 1. The lowest BCUT2D eigenvalue weighted by Crippen LogP contribution is -2.30. The number of nitrogens with zero attached hydrogens (tertiary/aromatic N) is 1. The Morgan fingerprint density at radius 1 is 1.32 bits per heavy atom. The number of hydrogen-bond donors (Lipinski definition) is 2. The number of benzene rings is 1. The van der Waals surface area contributed by atoms with Crippen LogP contribution in [0.25, 0.3) is 0 Å². The number of rotatable bonds is 5. The van der Waals surface area contributed by atoms with Gasteiger partial charge in [0.2, 0.25) is 5.91 Å². The Morgan fingerprint density at radius 2 is 2.05 bits per heavy atom. The smallest absolute Gasteiger partial charge is 0.345 e. The van der Waals surface area contributed by atoms with E-state index >= 15 is 0 Å². The minimum Gasteiger partial charge on any atom is -0.508 e. The van der Waals surface area contributed by atoms with E-state index in [4.69, 9.17) is 5.11 Å². The second-order valence-corrected chi connectivity index (χ2v) is 5.99. The third-order valence-corrected chi connectivity index (χ3v) is 4.51. The van der Waals surface area contributed by atoms with Crippen LogP contribution in [0.1, 0.15) is 33.8 Å². The summed E-state index contributed by atoms with van der Waals surface area (Å²) in [4.78, 5) is 25.0. The van der Waals surface area contributed by atoms with Crippen molar-refractivity contribution in [1.82, 2.24) is 4.90 Å². The molecule has 1 amide bonds. The molecule has 1 heterocycles. The maximum atomic E-state index is 12.3. The highest BCUT2D eigenvalue weighted by Gasteiger charge is 2.19. The predicted octanol–water partition coefficient (Wildman–Crippen LogP) is 2.91. The fraction of sp³-hybridized carbons (Fsp3) is 0.250. The van der Waals surface area contributed by atoms with Gasteiger partial charge in [0.15, 0.2) is 0 Å². The van der Waals surface area contributed by atoms with Crippen molar-refractivity contribution in [1.29, 1.82) is 0 Å². The van der Waals surface area contributed by atoms with Crippen molar-refractivity contribution in [3.8, 4) is 5.75 Å². The second kappa shape index (κ2) is 6.62. The van der Waals surface area contributed by atoms with Gasteiger partial charge in [0, 0.05) is 7.05 Å². The fourth-order valence-corrected chi connectivity index (χ4v) is 2.85. The predicted molar refractivity (Wildman–Crippen MR) is 84.3 cm³/mol. The molecule has 1 unspecified atom stereocenters. The molecule has 22 heavy (non-hydrogen) atoms. The Kier molecular flexibility index (Phi) is 4.82.